The molecule has 46 heavy (non-hydrogen) atoms. The monoisotopic (exact) mass is 677 g/mol. The second-order valence-corrected chi connectivity index (χ2v) is 18.4. The van der Waals surface area contributed by atoms with Gasteiger partial charge in [-0.25, -0.2) is 32.0 Å². The molecule has 4 aliphatic rings. The number of aryl methyl sites for hydroxylation is 1. The second kappa shape index (κ2) is 12.6. The van der Waals surface area contributed by atoms with Crippen molar-refractivity contribution in [1.29, 1.82) is 0 Å². The molecule has 1 aromatic rings. The van der Waals surface area contributed by atoms with Crippen LogP contribution in [0.4, 0.5) is 9.59 Å². The summed E-state index contributed by atoms with van der Waals surface area (Å²) >= 11 is 1.42. The van der Waals surface area contributed by atoms with Crippen LogP contribution in [0.15, 0.2) is 24.3 Å². The molecule has 0 unspecified atom stereocenters. The van der Waals surface area contributed by atoms with Gasteiger partial charge in [-0.1, -0.05) is 38.1 Å². The van der Waals surface area contributed by atoms with Crippen LogP contribution in [-0.4, -0.2) is 89.4 Å². The van der Waals surface area contributed by atoms with Gasteiger partial charge in [-0.2, -0.15) is 11.8 Å². The molecular formula is C34H51N3O7S2. The number of rotatable bonds is 9. The highest BCUT2D eigenvalue weighted by atomic mass is 32.2. The third-order valence-electron chi connectivity index (χ3n) is 11.7. The number of aliphatic carboxylic acids is 1. The number of piperidine rings is 1. The van der Waals surface area contributed by atoms with E-state index in [0.717, 1.165) is 32.1 Å². The van der Waals surface area contributed by atoms with Gasteiger partial charge in [0.25, 0.3) is 0 Å². The van der Waals surface area contributed by atoms with Crippen LogP contribution in [0.2, 0.25) is 0 Å². The SMILES string of the molecule is CSCC[C@H](C(=O)O)N(C(=O)N[C@H]1C[C@H]2CC[C@]1(CS(=O)(=O)N1CCC3(CCc4ccccc43)CC1)C2(C)C)C(=O)OC(C)(C)C. The lowest BCUT2D eigenvalue weighted by Gasteiger charge is -2.45. The number of fused-ring (bicyclic) bond motifs is 4. The summed E-state index contributed by atoms with van der Waals surface area (Å²) in [5.74, 6) is -0.783. The Morgan fingerprint density at radius 3 is 2.41 bits per heavy atom. The third-order valence-corrected chi connectivity index (χ3v) is 14.4. The molecule has 1 heterocycles. The molecule has 1 aliphatic heterocycles. The first-order valence-electron chi connectivity index (χ1n) is 16.6. The summed E-state index contributed by atoms with van der Waals surface area (Å²) < 4.78 is 35.7. The highest BCUT2D eigenvalue weighted by molar-refractivity contribution is 7.98. The van der Waals surface area contributed by atoms with Crippen LogP contribution in [0.1, 0.15) is 90.7 Å². The highest BCUT2D eigenvalue weighted by Crippen LogP contribution is 2.66. The van der Waals surface area contributed by atoms with Gasteiger partial charge >= 0.3 is 18.1 Å². The molecule has 1 aromatic carbocycles. The van der Waals surface area contributed by atoms with Crippen molar-refractivity contribution in [2.45, 2.75) is 109 Å². The van der Waals surface area contributed by atoms with Crippen LogP contribution < -0.4 is 5.32 Å². The van der Waals surface area contributed by atoms with Crippen LogP contribution >= 0.6 is 11.8 Å². The predicted molar refractivity (Wildman–Crippen MR) is 179 cm³/mol. The topological polar surface area (TPSA) is 133 Å². The maximum absolute atomic E-state index is 14.3. The normalized spacial score (nSPS) is 27.3. The van der Waals surface area contributed by atoms with Gasteiger partial charge < -0.3 is 15.2 Å². The molecule has 1 spiro atoms. The summed E-state index contributed by atoms with van der Waals surface area (Å²) in [6, 6.07) is 5.72. The summed E-state index contributed by atoms with van der Waals surface area (Å²) in [6.45, 7) is 10.1. The van der Waals surface area contributed by atoms with Crippen molar-refractivity contribution in [1.82, 2.24) is 14.5 Å². The van der Waals surface area contributed by atoms with Gasteiger partial charge in [0.15, 0.2) is 0 Å². The Balaban J connectivity index is 1.37. The van der Waals surface area contributed by atoms with Crippen molar-refractivity contribution < 1.29 is 32.6 Å². The number of hydrogen-bond acceptors (Lipinski definition) is 7. The van der Waals surface area contributed by atoms with Crippen molar-refractivity contribution in [2.24, 2.45) is 16.7 Å². The van der Waals surface area contributed by atoms with Crippen molar-refractivity contribution in [3.63, 3.8) is 0 Å². The minimum absolute atomic E-state index is 0.0323. The molecule has 2 N–H and O–H groups in total. The quantitative estimate of drug-likeness (QED) is 0.343. The van der Waals surface area contributed by atoms with Gasteiger partial charge in [0, 0.05) is 24.5 Å². The summed E-state index contributed by atoms with van der Waals surface area (Å²) in [5, 5.41) is 13.1. The van der Waals surface area contributed by atoms with Gasteiger partial charge in [0.05, 0.1) is 5.75 Å². The number of benzene rings is 1. The number of hydrogen-bond donors (Lipinski definition) is 2. The van der Waals surface area contributed by atoms with E-state index in [1.165, 1.54) is 22.9 Å². The van der Waals surface area contributed by atoms with E-state index < -0.39 is 51.2 Å². The third kappa shape index (κ3) is 6.30. The number of nitrogens with one attached hydrogen (secondary N) is 1. The van der Waals surface area contributed by atoms with Crippen molar-refractivity contribution in [3.05, 3.63) is 35.4 Å². The van der Waals surface area contributed by atoms with Crippen LogP contribution in [-0.2, 0) is 31.4 Å². The number of imide groups is 1. The Morgan fingerprint density at radius 2 is 1.80 bits per heavy atom. The standard InChI is InChI=1S/C34H51N3O7S2/c1-31(2,3)44-30(41)37(26(28(38)39)13-20-45-6)29(40)35-27-21-24-12-15-34(27,32(24,4)5)22-46(42,43)36-18-16-33(17-19-36)14-11-23-9-7-8-10-25(23)33/h7-10,24,26-27H,11-22H2,1-6H3,(H,35,40)(H,38,39)/t24-,26-,27+,34-/m1/s1. The van der Waals surface area contributed by atoms with E-state index in [1.807, 2.05) is 6.26 Å². The minimum atomic E-state index is -3.70. The van der Waals surface area contributed by atoms with Gasteiger partial charge in [-0.15, -0.1) is 0 Å². The Hall–Kier alpha value is -2.31. The number of urea groups is 1. The summed E-state index contributed by atoms with van der Waals surface area (Å²) in [4.78, 5) is 40.3. The molecule has 2 bridgehead atoms. The number of carbonyl (C=O) groups is 3. The number of carboxylic acid groups (broad SMARTS) is 1. The smallest absolute Gasteiger partial charge is 0.419 e. The van der Waals surface area contributed by atoms with E-state index in [9.17, 15) is 27.9 Å². The Bertz CT molecular complexity index is 1450. The largest absolute Gasteiger partial charge is 0.480 e. The molecule has 10 nitrogen and oxygen atoms in total. The molecule has 2 saturated carbocycles. The van der Waals surface area contributed by atoms with Crippen LogP contribution in [0.3, 0.4) is 0 Å². The number of carbonyl (C=O) groups excluding carboxylic acids is 2. The van der Waals surface area contributed by atoms with Crippen LogP contribution in [0.5, 0.6) is 0 Å². The van der Waals surface area contributed by atoms with Gasteiger partial charge in [-0.3, -0.25) is 0 Å². The zero-order valence-corrected chi connectivity index (χ0v) is 29.8. The second-order valence-electron chi connectivity index (χ2n) is 15.4. The molecule has 12 heteroatoms. The molecule has 3 amide bonds. The molecule has 3 fully saturated rings. The molecule has 1 saturated heterocycles. The van der Waals surface area contributed by atoms with Gasteiger partial charge in [0.2, 0.25) is 10.0 Å². The first-order valence-corrected chi connectivity index (χ1v) is 19.6. The maximum Gasteiger partial charge on any atom is 0.419 e. The van der Waals surface area contributed by atoms with E-state index in [0.29, 0.717) is 36.6 Å². The zero-order valence-electron chi connectivity index (χ0n) is 28.1. The summed E-state index contributed by atoms with van der Waals surface area (Å²) in [6.07, 6.45) is 6.57. The molecule has 0 radical (unpaired) electrons. The molecule has 4 atom stereocenters. The fraction of sp³-hybridized carbons (Fsp3) is 0.735. The number of nitrogens with zero attached hydrogens (tertiary/aromatic N) is 2. The van der Waals surface area contributed by atoms with Gasteiger partial charge in [-0.05, 0) is 112 Å². The molecule has 0 aromatic heterocycles. The van der Waals surface area contributed by atoms with E-state index in [4.69, 9.17) is 4.74 Å². The van der Waals surface area contributed by atoms with E-state index >= 15 is 0 Å². The van der Waals surface area contributed by atoms with Crippen LogP contribution in [0, 0.1) is 16.7 Å². The molecule has 256 valence electrons. The predicted octanol–water partition coefficient (Wildman–Crippen LogP) is 5.64. The first kappa shape index (κ1) is 35.0. The minimum Gasteiger partial charge on any atom is -0.480 e. The number of sulfonamides is 1. The number of ether oxygens (including phenoxy) is 1. The van der Waals surface area contributed by atoms with E-state index in [2.05, 4.69) is 43.4 Å². The summed E-state index contributed by atoms with van der Waals surface area (Å²) in [7, 11) is -3.70. The fourth-order valence-electron chi connectivity index (χ4n) is 8.99. The number of thioether (sulfide) groups is 1. The highest BCUT2D eigenvalue weighted by Gasteiger charge is 2.66. The van der Waals surface area contributed by atoms with Gasteiger partial charge in [0.1, 0.15) is 11.6 Å². The number of amides is 3. The molecule has 5 rings (SSSR count). The Kier molecular flexibility index (Phi) is 9.60. The first-order chi connectivity index (χ1) is 21.5. The Labute approximate surface area is 278 Å². The van der Waals surface area contributed by atoms with E-state index in [-0.39, 0.29) is 28.9 Å². The van der Waals surface area contributed by atoms with Crippen LogP contribution in [0.25, 0.3) is 0 Å². The summed E-state index contributed by atoms with van der Waals surface area (Å²) in [5.41, 5.74) is 0.677. The number of carboxylic acids is 1. The van der Waals surface area contributed by atoms with Crippen molar-refractivity contribution in [2.75, 3.05) is 30.9 Å². The van der Waals surface area contributed by atoms with E-state index in [1.54, 1.807) is 25.1 Å². The average Bonchev–Trinajstić information content (AvgIpc) is 3.50. The lowest BCUT2D eigenvalue weighted by molar-refractivity contribution is -0.142. The lowest BCUT2D eigenvalue weighted by Crippen LogP contribution is -2.60. The Morgan fingerprint density at radius 1 is 1.13 bits per heavy atom. The maximum atomic E-state index is 14.3. The van der Waals surface area contributed by atoms with Crippen molar-refractivity contribution >= 4 is 39.9 Å². The average molecular weight is 678 g/mol. The lowest BCUT2D eigenvalue weighted by atomic mass is 9.69. The zero-order chi connectivity index (χ0) is 33.7. The van der Waals surface area contributed by atoms with Crippen molar-refractivity contribution in [3.8, 4) is 0 Å². The fourth-order valence-corrected chi connectivity index (χ4v) is 11.7. The molecule has 3 aliphatic carbocycles. The molecular weight excluding hydrogens is 627 g/mol.